The number of halogens is 3. The maximum Gasteiger partial charge on any atom is 0.416 e. The average Bonchev–Trinajstić information content (AvgIpc) is 3.16. The van der Waals surface area contributed by atoms with E-state index in [0.717, 1.165) is 28.5 Å². The highest BCUT2D eigenvalue weighted by Crippen LogP contribution is 2.46. The molecule has 1 unspecified atom stereocenters. The van der Waals surface area contributed by atoms with E-state index in [4.69, 9.17) is 19.5 Å². The molecule has 5 atom stereocenters. The van der Waals surface area contributed by atoms with Gasteiger partial charge in [-0.1, -0.05) is 23.9 Å². The number of ether oxygens (including phenoxy) is 1. The van der Waals surface area contributed by atoms with Crippen molar-refractivity contribution in [2.75, 3.05) is 31.3 Å². The summed E-state index contributed by atoms with van der Waals surface area (Å²) in [6.45, 7) is 2.77. The van der Waals surface area contributed by atoms with Crippen molar-refractivity contribution in [3.05, 3.63) is 58.1 Å². The van der Waals surface area contributed by atoms with Gasteiger partial charge in [-0.25, -0.2) is 14.4 Å². The first-order chi connectivity index (χ1) is 19.9. The van der Waals surface area contributed by atoms with Crippen molar-refractivity contribution >= 4 is 30.4 Å². The van der Waals surface area contributed by atoms with E-state index in [1.165, 1.54) is 31.3 Å². The van der Waals surface area contributed by atoms with Crippen molar-refractivity contribution in [3.63, 3.8) is 0 Å². The van der Waals surface area contributed by atoms with Gasteiger partial charge in [0.1, 0.15) is 23.6 Å². The number of anilines is 1. The Bertz CT molecular complexity index is 1370. The van der Waals surface area contributed by atoms with Crippen LogP contribution >= 0.6 is 19.5 Å². The van der Waals surface area contributed by atoms with Gasteiger partial charge < -0.3 is 25.8 Å². The van der Waals surface area contributed by atoms with E-state index in [0.29, 0.717) is 5.56 Å². The lowest BCUT2D eigenvalue weighted by Crippen LogP contribution is -2.46. The number of benzene rings is 1. The van der Waals surface area contributed by atoms with Crippen molar-refractivity contribution in [3.8, 4) is 0 Å². The monoisotopic (exact) mass is 654 g/mol. The summed E-state index contributed by atoms with van der Waals surface area (Å²) in [4.78, 5) is 28.1. The summed E-state index contributed by atoms with van der Waals surface area (Å²) >= 11 is 0.831. The summed E-state index contributed by atoms with van der Waals surface area (Å²) in [7, 11) is -4.28. The molecule has 2 aromatic rings. The summed E-state index contributed by atoms with van der Waals surface area (Å²) < 4.78 is 69.9. The molecule has 0 saturated carbocycles. The van der Waals surface area contributed by atoms with Gasteiger partial charge in [0.15, 0.2) is 11.3 Å². The molecular weight excluding hydrogens is 620 g/mol. The molecule has 2 heterocycles. The third kappa shape index (κ3) is 8.86. The van der Waals surface area contributed by atoms with Gasteiger partial charge in [0.25, 0.3) is 0 Å². The summed E-state index contributed by atoms with van der Waals surface area (Å²) in [5, 5.41) is 33.2. The maximum absolute atomic E-state index is 13.6. The molecule has 1 aromatic heterocycles. The Morgan fingerprint density at radius 3 is 2.49 bits per heavy atom. The fraction of sp³-hybridized carbons (Fsp3) is 0.560. The Hall–Kier alpha value is -2.34. The van der Waals surface area contributed by atoms with Crippen molar-refractivity contribution in [2.24, 2.45) is 5.41 Å². The van der Waals surface area contributed by atoms with E-state index in [9.17, 15) is 42.6 Å². The molecule has 1 fully saturated rings. The molecule has 3 rings (SSSR count). The van der Waals surface area contributed by atoms with Gasteiger partial charge in [-0.3, -0.25) is 18.4 Å². The number of aliphatic hydroxyl groups excluding tert-OH is 2. The van der Waals surface area contributed by atoms with E-state index in [1.54, 1.807) is 13.8 Å². The number of rotatable bonds is 13. The predicted octanol–water partition coefficient (Wildman–Crippen LogP) is 2.06. The third-order valence-corrected chi connectivity index (χ3v) is 9.29. The number of alkyl halides is 3. The van der Waals surface area contributed by atoms with Crippen LogP contribution in [0.1, 0.15) is 38.1 Å². The van der Waals surface area contributed by atoms with E-state index < -0.39 is 61.2 Å². The normalized spacial score (nSPS) is 24.2. The number of aromatic nitrogens is 2. The lowest BCUT2D eigenvalue weighted by molar-refractivity contribution is -0.137. The molecule has 240 valence electrons. The van der Waals surface area contributed by atoms with E-state index in [-0.39, 0.29) is 36.4 Å². The van der Waals surface area contributed by atoms with Gasteiger partial charge in [-0.15, -0.1) is 0 Å². The highest BCUT2D eigenvalue weighted by atomic mass is 32.2. The fourth-order valence-electron chi connectivity index (χ4n) is 3.83. The summed E-state index contributed by atoms with van der Waals surface area (Å²) in [5.74, 6) is -0.0550. The lowest BCUT2D eigenvalue weighted by Gasteiger charge is -2.27. The highest BCUT2D eigenvalue weighted by Gasteiger charge is 2.54. The number of nitrogens with zero attached hydrogens (tertiary/aromatic N) is 2. The maximum atomic E-state index is 13.6. The third-order valence-electron chi connectivity index (χ3n) is 6.55. The van der Waals surface area contributed by atoms with Crippen molar-refractivity contribution in [1.82, 2.24) is 14.6 Å². The van der Waals surface area contributed by atoms with Gasteiger partial charge in [-0.05, 0) is 44.5 Å². The molecule has 43 heavy (non-hydrogen) atoms. The molecule has 1 aliphatic heterocycles. The number of nitrogens with one attached hydrogen (secondary N) is 1. The molecule has 0 bridgehead atoms. The van der Waals surface area contributed by atoms with Crippen LogP contribution in [0.2, 0.25) is 0 Å². The minimum absolute atomic E-state index is 0.0178. The van der Waals surface area contributed by atoms with Crippen molar-refractivity contribution < 1.29 is 51.6 Å². The summed E-state index contributed by atoms with van der Waals surface area (Å²) in [6, 6.07) is 5.35. The quantitative estimate of drug-likeness (QED) is 0.156. The zero-order valence-corrected chi connectivity index (χ0v) is 25.2. The Labute approximate surface area is 249 Å². The molecular formula is C25H34F3N4O9PS. The average molecular weight is 655 g/mol. The molecule has 13 nitrogen and oxygen atoms in total. The fourth-order valence-corrected chi connectivity index (χ4v) is 6.07. The van der Waals surface area contributed by atoms with Crippen molar-refractivity contribution in [2.45, 2.75) is 57.5 Å². The SMILES string of the molecule is CC(C)(CO)C(=O)SCCOP(=O)(NCc1ccc(C(F)(F)F)cc1)OC[C@H]1O[C@@H](n2ccc(N)nc2=O)[C@](C)(O)[C@@H]1O. The van der Waals surface area contributed by atoms with Crippen LogP contribution in [0.5, 0.6) is 0 Å². The van der Waals surface area contributed by atoms with Crippen LogP contribution in [0.25, 0.3) is 0 Å². The van der Waals surface area contributed by atoms with Gasteiger partial charge in [-0.2, -0.15) is 18.2 Å². The number of thioether (sulfide) groups is 1. The number of nitrogens with two attached hydrogens (primary N) is 1. The van der Waals surface area contributed by atoms with Crippen LogP contribution in [0.4, 0.5) is 19.0 Å². The number of carbonyl (C=O) groups excluding carboxylic acids is 1. The second-order valence-corrected chi connectivity index (χ2v) is 13.5. The Balaban J connectivity index is 1.72. The summed E-state index contributed by atoms with van der Waals surface area (Å²) in [6.07, 6.45) is -7.71. The first-order valence-electron chi connectivity index (χ1n) is 12.9. The molecule has 0 amide bonds. The smallest absolute Gasteiger partial charge is 0.395 e. The standard InChI is InChI=1S/C25H34F3N4O9PS/c1-23(2,14-33)21(35)43-11-10-39-42(38,30-12-15-4-6-16(7-5-15)25(26,27)28)40-13-17-19(34)24(3,37)20(41-17)32-9-8-18(29)31-22(32)36/h4-9,17,19-20,33-34,37H,10-14H2,1-3H3,(H,30,38)(H2,29,31,36)/t17-,19-,20-,24-,42?/m1/s1. The molecule has 18 heteroatoms. The number of hydrogen-bond acceptors (Lipinski definition) is 12. The van der Waals surface area contributed by atoms with Crippen LogP contribution in [0.15, 0.2) is 41.3 Å². The molecule has 1 aromatic carbocycles. The van der Waals surface area contributed by atoms with Gasteiger partial charge >= 0.3 is 19.6 Å². The zero-order valence-electron chi connectivity index (χ0n) is 23.5. The first-order valence-corrected chi connectivity index (χ1v) is 15.4. The highest BCUT2D eigenvalue weighted by molar-refractivity contribution is 8.13. The molecule has 1 saturated heterocycles. The summed E-state index contributed by atoms with van der Waals surface area (Å²) in [5.41, 5.74) is 1.05. The molecule has 1 aliphatic rings. The Kier molecular flexibility index (Phi) is 11.2. The molecule has 6 N–H and O–H groups in total. The minimum atomic E-state index is -4.54. The van der Waals surface area contributed by atoms with Gasteiger partial charge in [0.2, 0.25) is 0 Å². The molecule has 0 aliphatic carbocycles. The predicted molar refractivity (Wildman–Crippen MR) is 150 cm³/mol. The number of aliphatic hydroxyl groups is 3. The van der Waals surface area contributed by atoms with Crippen LogP contribution in [0, 0.1) is 5.41 Å². The second kappa shape index (κ2) is 13.7. The number of carbonyl (C=O) groups is 1. The van der Waals surface area contributed by atoms with E-state index in [1.807, 2.05) is 0 Å². The van der Waals surface area contributed by atoms with Crippen LogP contribution < -0.4 is 16.5 Å². The Morgan fingerprint density at radius 2 is 1.91 bits per heavy atom. The van der Waals surface area contributed by atoms with Crippen LogP contribution in [-0.4, -0.2) is 73.4 Å². The topological polar surface area (TPSA) is 195 Å². The molecule has 0 spiro atoms. The zero-order chi connectivity index (χ0) is 32.2. The van der Waals surface area contributed by atoms with E-state index >= 15 is 0 Å². The lowest BCUT2D eigenvalue weighted by atomic mass is 9.96. The Morgan fingerprint density at radius 1 is 1.26 bits per heavy atom. The second-order valence-electron chi connectivity index (χ2n) is 10.6. The van der Waals surface area contributed by atoms with Gasteiger partial charge in [0, 0.05) is 18.5 Å². The number of hydrogen-bond donors (Lipinski definition) is 5. The number of nitrogen functional groups attached to an aromatic ring is 1. The van der Waals surface area contributed by atoms with E-state index in [2.05, 4.69) is 10.1 Å². The van der Waals surface area contributed by atoms with Gasteiger partial charge in [0.05, 0.1) is 30.8 Å². The molecule has 0 radical (unpaired) electrons. The minimum Gasteiger partial charge on any atom is -0.395 e. The largest absolute Gasteiger partial charge is 0.416 e. The first kappa shape index (κ1) is 35.1. The van der Waals surface area contributed by atoms with Crippen molar-refractivity contribution in [1.29, 1.82) is 0 Å². The van der Waals surface area contributed by atoms with Crippen LogP contribution in [0.3, 0.4) is 0 Å². The van der Waals surface area contributed by atoms with Crippen LogP contribution in [-0.2, 0) is 35.9 Å².